The molecule has 1 atom stereocenters. The molecule has 0 bridgehead atoms. The highest BCUT2D eigenvalue weighted by atomic mass is 19.1. The maximum absolute atomic E-state index is 13.3. The second-order valence-electron chi connectivity index (χ2n) is 4.84. The SMILES string of the molecule is OCC1(Nc2cccc(F)c2)COc2cc(O)ccc21. The van der Waals surface area contributed by atoms with Gasteiger partial charge in [-0.15, -0.1) is 0 Å². The number of ether oxygens (including phenoxy) is 1. The van der Waals surface area contributed by atoms with E-state index < -0.39 is 5.54 Å². The molecule has 104 valence electrons. The summed E-state index contributed by atoms with van der Waals surface area (Å²) >= 11 is 0. The van der Waals surface area contributed by atoms with E-state index in [-0.39, 0.29) is 24.8 Å². The Bertz CT molecular complexity index is 647. The smallest absolute Gasteiger partial charge is 0.128 e. The summed E-state index contributed by atoms with van der Waals surface area (Å²) in [6.07, 6.45) is 0. The Kier molecular flexibility index (Phi) is 2.99. The van der Waals surface area contributed by atoms with E-state index in [4.69, 9.17) is 4.74 Å². The number of hydrogen-bond donors (Lipinski definition) is 3. The van der Waals surface area contributed by atoms with Gasteiger partial charge in [-0.05, 0) is 30.3 Å². The molecule has 0 spiro atoms. The van der Waals surface area contributed by atoms with Crippen molar-refractivity contribution in [2.45, 2.75) is 5.54 Å². The molecule has 0 amide bonds. The van der Waals surface area contributed by atoms with Crippen LogP contribution in [0.1, 0.15) is 5.56 Å². The minimum Gasteiger partial charge on any atom is -0.508 e. The lowest BCUT2D eigenvalue weighted by molar-refractivity contribution is 0.177. The number of aliphatic hydroxyl groups is 1. The molecule has 1 aliphatic rings. The number of nitrogens with one attached hydrogen (secondary N) is 1. The molecule has 0 aliphatic carbocycles. The van der Waals surface area contributed by atoms with Crippen LogP contribution in [0.15, 0.2) is 42.5 Å². The van der Waals surface area contributed by atoms with Crippen LogP contribution in [0.5, 0.6) is 11.5 Å². The molecular weight excluding hydrogens is 261 g/mol. The summed E-state index contributed by atoms with van der Waals surface area (Å²) in [6.45, 7) is 0.0000879. The number of hydrogen-bond acceptors (Lipinski definition) is 4. The number of phenolic OH excluding ortho intramolecular Hbond substituents is 1. The topological polar surface area (TPSA) is 61.7 Å². The van der Waals surface area contributed by atoms with Crippen molar-refractivity contribution in [1.29, 1.82) is 0 Å². The van der Waals surface area contributed by atoms with Crippen molar-refractivity contribution in [3.63, 3.8) is 0 Å². The summed E-state index contributed by atoms with van der Waals surface area (Å²) in [5.41, 5.74) is 0.460. The van der Waals surface area contributed by atoms with E-state index in [0.717, 1.165) is 5.56 Å². The van der Waals surface area contributed by atoms with E-state index >= 15 is 0 Å². The van der Waals surface area contributed by atoms with Gasteiger partial charge in [-0.3, -0.25) is 0 Å². The van der Waals surface area contributed by atoms with E-state index in [9.17, 15) is 14.6 Å². The average Bonchev–Trinajstić information content (AvgIpc) is 2.77. The number of phenols is 1. The van der Waals surface area contributed by atoms with Gasteiger partial charge in [0.1, 0.15) is 29.5 Å². The summed E-state index contributed by atoms with van der Waals surface area (Å²) in [5, 5.41) is 22.3. The molecule has 5 heteroatoms. The van der Waals surface area contributed by atoms with Crippen molar-refractivity contribution < 1.29 is 19.3 Å². The van der Waals surface area contributed by atoms with E-state index in [1.54, 1.807) is 18.2 Å². The summed E-state index contributed by atoms with van der Waals surface area (Å²) in [5.74, 6) is 0.263. The molecule has 0 radical (unpaired) electrons. The molecule has 0 saturated carbocycles. The summed E-state index contributed by atoms with van der Waals surface area (Å²) in [6, 6.07) is 10.8. The first kappa shape index (κ1) is 12.7. The number of aromatic hydroxyl groups is 1. The minimum absolute atomic E-state index is 0.100. The molecule has 20 heavy (non-hydrogen) atoms. The lowest BCUT2D eigenvalue weighted by atomic mass is 9.92. The number of rotatable bonds is 3. The van der Waals surface area contributed by atoms with Crippen molar-refractivity contribution in [3.8, 4) is 11.5 Å². The van der Waals surface area contributed by atoms with Crippen LogP contribution in [-0.4, -0.2) is 23.4 Å². The van der Waals surface area contributed by atoms with Crippen LogP contribution in [0.25, 0.3) is 0 Å². The Balaban J connectivity index is 1.98. The van der Waals surface area contributed by atoms with Gasteiger partial charge in [-0.25, -0.2) is 4.39 Å². The van der Waals surface area contributed by atoms with Crippen molar-refractivity contribution >= 4 is 5.69 Å². The van der Waals surface area contributed by atoms with Crippen LogP contribution in [0.4, 0.5) is 10.1 Å². The number of halogens is 1. The van der Waals surface area contributed by atoms with Gasteiger partial charge >= 0.3 is 0 Å². The minimum atomic E-state index is -0.836. The molecule has 1 unspecified atom stereocenters. The molecule has 2 aromatic rings. The molecule has 1 aliphatic heterocycles. The monoisotopic (exact) mass is 275 g/mol. The lowest BCUT2D eigenvalue weighted by Gasteiger charge is -2.28. The second-order valence-corrected chi connectivity index (χ2v) is 4.84. The Labute approximate surface area is 115 Å². The molecule has 4 nitrogen and oxygen atoms in total. The third-order valence-electron chi connectivity index (χ3n) is 3.43. The normalized spacial score (nSPS) is 20.3. The zero-order valence-electron chi connectivity index (χ0n) is 10.6. The molecule has 3 N–H and O–H groups in total. The highest BCUT2D eigenvalue weighted by Crippen LogP contribution is 2.40. The number of aliphatic hydroxyl groups excluding tert-OH is 1. The summed E-state index contributed by atoms with van der Waals surface area (Å²) < 4.78 is 18.8. The van der Waals surface area contributed by atoms with E-state index in [1.807, 2.05) is 0 Å². The van der Waals surface area contributed by atoms with Gasteiger partial charge in [-0.1, -0.05) is 6.07 Å². The van der Waals surface area contributed by atoms with Gasteiger partial charge in [0.2, 0.25) is 0 Å². The second kappa shape index (κ2) is 4.68. The van der Waals surface area contributed by atoms with E-state index in [2.05, 4.69) is 5.32 Å². The first-order valence-corrected chi connectivity index (χ1v) is 6.24. The Morgan fingerprint density at radius 1 is 1.25 bits per heavy atom. The highest BCUT2D eigenvalue weighted by Gasteiger charge is 2.40. The molecule has 0 saturated heterocycles. The first-order valence-electron chi connectivity index (χ1n) is 6.24. The molecule has 2 aromatic carbocycles. The summed E-state index contributed by atoms with van der Waals surface area (Å²) in [7, 11) is 0. The fraction of sp³-hybridized carbons (Fsp3) is 0.200. The largest absolute Gasteiger partial charge is 0.508 e. The van der Waals surface area contributed by atoms with Gasteiger partial charge in [0, 0.05) is 17.3 Å². The zero-order valence-corrected chi connectivity index (χ0v) is 10.6. The van der Waals surface area contributed by atoms with Crippen LogP contribution in [0.2, 0.25) is 0 Å². The van der Waals surface area contributed by atoms with Crippen LogP contribution >= 0.6 is 0 Å². The molecule has 0 aromatic heterocycles. The van der Waals surface area contributed by atoms with Gasteiger partial charge < -0.3 is 20.3 Å². The molecular formula is C15H14FNO3. The van der Waals surface area contributed by atoms with Gasteiger partial charge in [-0.2, -0.15) is 0 Å². The molecule has 0 fully saturated rings. The first-order chi connectivity index (χ1) is 9.63. The standard InChI is InChI=1S/C15H14FNO3/c16-10-2-1-3-11(6-10)17-15(8-18)9-20-14-7-12(19)4-5-13(14)15/h1-7,17-19H,8-9H2. The van der Waals surface area contributed by atoms with Crippen LogP contribution in [-0.2, 0) is 5.54 Å². The number of benzene rings is 2. The van der Waals surface area contributed by atoms with Gasteiger partial charge in [0.15, 0.2) is 0 Å². The Hall–Kier alpha value is -2.27. The molecule has 3 rings (SSSR count). The predicted octanol–water partition coefficient (Wildman–Crippen LogP) is 2.22. The quantitative estimate of drug-likeness (QED) is 0.804. The fourth-order valence-corrected chi connectivity index (χ4v) is 2.42. The Morgan fingerprint density at radius 3 is 2.85 bits per heavy atom. The fourth-order valence-electron chi connectivity index (χ4n) is 2.42. The van der Waals surface area contributed by atoms with Crippen molar-refractivity contribution in [1.82, 2.24) is 0 Å². The van der Waals surface area contributed by atoms with Crippen molar-refractivity contribution in [3.05, 3.63) is 53.8 Å². The highest BCUT2D eigenvalue weighted by molar-refractivity contribution is 5.55. The average molecular weight is 275 g/mol. The third kappa shape index (κ3) is 2.06. The van der Waals surface area contributed by atoms with Crippen LogP contribution in [0.3, 0.4) is 0 Å². The van der Waals surface area contributed by atoms with Crippen molar-refractivity contribution in [2.24, 2.45) is 0 Å². The van der Waals surface area contributed by atoms with Crippen LogP contribution in [0, 0.1) is 5.82 Å². The summed E-state index contributed by atoms with van der Waals surface area (Å²) in [4.78, 5) is 0. The Morgan fingerprint density at radius 2 is 2.10 bits per heavy atom. The lowest BCUT2D eigenvalue weighted by Crippen LogP contribution is -2.40. The maximum Gasteiger partial charge on any atom is 0.128 e. The van der Waals surface area contributed by atoms with Crippen molar-refractivity contribution in [2.75, 3.05) is 18.5 Å². The molecule has 1 heterocycles. The maximum atomic E-state index is 13.3. The van der Waals surface area contributed by atoms with Crippen LogP contribution < -0.4 is 10.1 Å². The van der Waals surface area contributed by atoms with E-state index in [1.165, 1.54) is 24.3 Å². The number of anilines is 1. The zero-order chi connectivity index (χ0) is 14.2. The van der Waals surface area contributed by atoms with E-state index in [0.29, 0.717) is 11.4 Å². The third-order valence-corrected chi connectivity index (χ3v) is 3.43. The van der Waals surface area contributed by atoms with Gasteiger partial charge in [0.25, 0.3) is 0 Å². The van der Waals surface area contributed by atoms with Gasteiger partial charge in [0.05, 0.1) is 6.61 Å². The predicted molar refractivity (Wildman–Crippen MR) is 72.4 cm³/mol. The number of fused-ring (bicyclic) bond motifs is 1.